The highest BCUT2D eigenvalue weighted by Gasteiger charge is 2.23. The molecule has 4 nitrogen and oxygen atoms in total. The number of carbonyl (C=O) groups is 1. The van der Waals surface area contributed by atoms with E-state index in [2.05, 4.69) is 29.3 Å². The zero-order chi connectivity index (χ0) is 14.8. The van der Waals surface area contributed by atoms with E-state index in [0.29, 0.717) is 12.5 Å². The van der Waals surface area contributed by atoms with Crippen LogP contribution < -0.4 is 11.1 Å². The first-order valence-electron chi connectivity index (χ1n) is 8.00. The molecule has 1 fully saturated rings. The van der Waals surface area contributed by atoms with Crippen LogP contribution in [0, 0.1) is 5.92 Å². The maximum Gasteiger partial charge on any atom is 0.238 e. The summed E-state index contributed by atoms with van der Waals surface area (Å²) in [6, 6.07) is 6.50. The van der Waals surface area contributed by atoms with Gasteiger partial charge in [-0.1, -0.05) is 13.0 Å². The average Bonchev–Trinajstić information content (AvgIpc) is 2.84. The maximum atomic E-state index is 12.2. The van der Waals surface area contributed by atoms with Crippen molar-refractivity contribution in [2.24, 2.45) is 11.7 Å². The van der Waals surface area contributed by atoms with Gasteiger partial charge in [0.2, 0.25) is 5.91 Å². The van der Waals surface area contributed by atoms with E-state index in [4.69, 9.17) is 5.73 Å². The Balaban J connectivity index is 1.56. The van der Waals surface area contributed by atoms with Crippen molar-refractivity contribution >= 4 is 11.6 Å². The van der Waals surface area contributed by atoms with Crippen LogP contribution in [0.15, 0.2) is 18.2 Å². The van der Waals surface area contributed by atoms with E-state index < -0.39 is 0 Å². The van der Waals surface area contributed by atoms with Crippen LogP contribution in [-0.2, 0) is 17.6 Å². The third-order valence-corrected chi connectivity index (χ3v) is 4.52. The van der Waals surface area contributed by atoms with E-state index >= 15 is 0 Å². The Hall–Kier alpha value is -1.39. The minimum Gasteiger partial charge on any atom is -0.327 e. The van der Waals surface area contributed by atoms with Crippen molar-refractivity contribution in [1.82, 2.24) is 4.90 Å². The highest BCUT2D eigenvalue weighted by Crippen LogP contribution is 2.25. The standard InChI is InChI=1S/C17H25N3O/c1-12-7-15(18)10-20(9-12)11-17(21)19-16-6-5-13-3-2-4-14(13)8-16/h5-6,8,12,15H,2-4,7,9-11,18H2,1H3,(H,19,21). The summed E-state index contributed by atoms with van der Waals surface area (Å²) in [5.41, 5.74) is 9.78. The molecule has 4 heteroatoms. The molecule has 114 valence electrons. The molecule has 0 saturated carbocycles. The molecule has 3 rings (SSSR count). The summed E-state index contributed by atoms with van der Waals surface area (Å²) in [6.45, 7) is 4.42. The molecule has 1 aromatic rings. The molecule has 2 aliphatic rings. The van der Waals surface area contributed by atoms with Crippen molar-refractivity contribution in [2.45, 2.75) is 38.6 Å². The monoisotopic (exact) mass is 287 g/mol. The SMILES string of the molecule is CC1CC(N)CN(CC(=O)Nc2ccc3c(c2)CCC3)C1. The first-order valence-corrected chi connectivity index (χ1v) is 8.00. The first-order chi connectivity index (χ1) is 10.1. The lowest BCUT2D eigenvalue weighted by molar-refractivity contribution is -0.117. The van der Waals surface area contributed by atoms with Crippen molar-refractivity contribution in [3.63, 3.8) is 0 Å². The zero-order valence-electron chi connectivity index (χ0n) is 12.8. The lowest BCUT2D eigenvalue weighted by atomic mass is 9.97. The van der Waals surface area contributed by atoms with E-state index in [9.17, 15) is 4.79 Å². The number of fused-ring (bicyclic) bond motifs is 1. The number of benzene rings is 1. The van der Waals surface area contributed by atoms with Crippen LogP contribution >= 0.6 is 0 Å². The van der Waals surface area contributed by atoms with Crippen LogP contribution in [0.25, 0.3) is 0 Å². The van der Waals surface area contributed by atoms with E-state index in [1.165, 1.54) is 24.0 Å². The fourth-order valence-corrected chi connectivity index (χ4v) is 3.70. The van der Waals surface area contributed by atoms with Gasteiger partial charge in [0.15, 0.2) is 0 Å². The fraction of sp³-hybridized carbons (Fsp3) is 0.588. The Morgan fingerprint density at radius 3 is 2.95 bits per heavy atom. The summed E-state index contributed by atoms with van der Waals surface area (Å²) >= 11 is 0. The molecule has 3 N–H and O–H groups in total. The third kappa shape index (κ3) is 3.63. The maximum absolute atomic E-state index is 12.2. The molecule has 2 atom stereocenters. The summed E-state index contributed by atoms with van der Waals surface area (Å²) in [4.78, 5) is 14.4. The smallest absolute Gasteiger partial charge is 0.238 e. The number of carbonyl (C=O) groups excluding carboxylic acids is 1. The number of rotatable bonds is 3. The van der Waals surface area contributed by atoms with Gasteiger partial charge in [-0.05, 0) is 54.9 Å². The molecule has 0 spiro atoms. The normalized spacial score (nSPS) is 25.6. The van der Waals surface area contributed by atoms with Gasteiger partial charge in [-0.3, -0.25) is 9.69 Å². The number of hydrogen-bond acceptors (Lipinski definition) is 3. The number of piperidine rings is 1. The first kappa shape index (κ1) is 14.5. The molecule has 1 aromatic carbocycles. The van der Waals surface area contributed by atoms with Crippen molar-refractivity contribution in [1.29, 1.82) is 0 Å². The second-order valence-corrected chi connectivity index (χ2v) is 6.68. The Kier molecular flexibility index (Phi) is 4.27. The lowest BCUT2D eigenvalue weighted by Crippen LogP contribution is -2.48. The summed E-state index contributed by atoms with van der Waals surface area (Å²) in [5, 5.41) is 3.03. The summed E-state index contributed by atoms with van der Waals surface area (Å²) in [5.74, 6) is 0.635. The quantitative estimate of drug-likeness (QED) is 0.891. The number of likely N-dealkylation sites (tertiary alicyclic amines) is 1. The molecule has 0 bridgehead atoms. The predicted molar refractivity (Wildman–Crippen MR) is 85.3 cm³/mol. The van der Waals surface area contributed by atoms with Crippen LogP contribution in [0.4, 0.5) is 5.69 Å². The van der Waals surface area contributed by atoms with Gasteiger partial charge < -0.3 is 11.1 Å². The molecular weight excluding hydrogens is 262 g/mol. The Morgan fingerprint density at radius 1 is 1.33 bits per heavy atom. The van der Waals surface area contributed by atoms with Crippen molar-refractivity contribution in [3.05, 3.63) is 29.3 Å². The fourth-order valence-electron chi connectivity index (χ4n) is 3.70. The van der Waals surface area contributed by atoms with E-state index in [0.717, 1.165) is 31.6 Å². The molecule has 1 saturated heterocycles. The molecule has 0 aromatic heterocycles. The molecule has 21 heavy (non-hydrogen) atoms. The van der Waals surface area contributed by atoms with Crippen LogP contribution in [-0.4, -0.2) is 36.5 Å². The van der Waals surface area contributed by atoms with Crippen LogP contribution in [0.1, 0.15) is 30.9 Å². The van der Waals surface area contributed by atoms with Gasteiger partial charge in [0.05, 0.1) is 6.54 Å². The third-order valence-electron chi connectivity index (χ3n) is 4.52. The molecule has 1 aliphatic heterocycles. The van der Waals surface area contributed by atoms with Crippen LogP contribution in [0.3, 0.4) is 0 Å². The largest absolute Gasteiger partial charge is 0.327 e. The van der Waals surface area contributed by atoms with Gasteiger partial charge in [-0.2, -0.15) is 0 Å². The Morgan fingerprint density at radius 2 is 2.14 bits per heavy atom. The second kappa shape index (κ2) is 6.16. The predicted octanol–water partition coefficient (Wildman–Crippen LogP) is 1.78. The summed E-state index contributed by atoms with van der Waals surface area (Å²) in [7, 11) is 0. The van der Waals surface area contributed by atoms with Crippen LogP contribution in [0.2, 0.25) is 0 Å². The van der Waals surface area contributed by atoms with Crippen LogP contribution in [0.5, 0.6) is 0 Å². The molecule has 0 radical (unpaired) electrons. The lowest BCUT2D eigenvalue weighted by Gasteiger charge is -2.34. The molecular formula is C17H25N3O. The van der Waals surface area contributed by atoms with E-state index in [1.807, 2.05) is 6.07 Å². The molecule has 1 amide bonds. The Labute approximate surface area is 126 Å². The number of anilines is 1. The number of nitrogens with one attached hydrogen (secondary N) is 1. The topological polar surface area (TPSA) is 58.4 Å². The number of nitrogens with zero attached hydrogens (tertiary/aromatic N) is 1. The molecule has 2 unspecified atom stereocenters. The van der Waals surface area contributed by atoms with Gasteiger partial charge >= 0.3 is 0 Å². The van der Waals surface area contributed by atoms with E-state index in [-0.39, 0.29) is 11.9 Å². The van der Waals surface area contributed by atoms with E-state index in [1.54, 1.807) is 0 Å². The summed E-state index contributed by atoms with van der Waals surface area (Å²) < 4.78 is 0. The van der Waals surface area contributed by atoms with Gasteiger partial charge in [-0.15, -0.1) is 0 Å². The van der Waals surface area contributed by atoms with Crippen molar-refractivity contribution in [2.75, 3.05) is 25.0 Å². The average molecular weight is 287 g/mol. The highest BCUT2D eigenvalue weighted by atomic mass is 16.2. The highest BCUT2D eigenvalue weighted by molar-refractivity contribution is 5.92. The van der Waals surface area contributed by atoms with Gasteiger partial charge in [0.1, 0.15) is 0 Å². The summed E-state index contributed by atoms with van der Waals surface area (Å²) in [6.07, 6.45) is 4.60. The van der Waals surface area contributed by atoms with Gasteiger partial charge in [0.25, 0.3) is 0 Å². The number of hydrogen-bond donors (Lipinski definition) is 2. The molecule has 1 aliphatic carbocycles. The zero-order valence-corrected chi connectivity index (χ0v) is 12.8. The minimum atomic E-state index is 0.0641. The number of amides is 1. The van der Waals surface area contributed by atoms with Gasteiger partial charge in [-0.25, -0.2) is 0 Å². The Bertz CT molecular complexity index is 519. The molecule has 1 heterocycles. The van der Waals surface area contributed by atoms with Crippen molar-refractivity contribution in [3.8, 4) is 0 Å². The van der Waals surface area contributed by atoms with Crippen molar-refractivity contribution < 1.29 is 4.79 Å². The number of nitrogens with two attached hydrogens (primary N) is 1. The minimum absolute atomic E-state index is 0.0641. The second-order valence-electron chi connectivity index (χ2n) is 6.68. The van der Waals surface area contributed by atoms with Gasteiger partial charge in [0, 0.05) is 24.8 Å². The number of aryl methyl sites for hydroxylation is 2.